The van der Waals surface area contributed by atoms with Crippen LogP contribution in [0.25, 0.3) is 0 Å². The Labute approximate surface area is 100 Å². The molecule has 0 saturated heterocycles. The van der Waals surface area contributed by atoms with Crippen LogP contribution in [0.2, 0.25) is 0 Å². The third kappa shape index (κ3) is 10.4. The van der Waals surface area contributed by atoms with Crippen LogP contribution in [0.15, 0.2) is 0 Å². The summed E-state index contributed by atoms with van der Waals surface area (Å²) < 4.78 is 5.52. The molecule has 0 saturated carbocycles. The number of unbranched alkanes of at least 4 members (excludes halogenated alkanes) is 4. The van der Waals surface area contributed by atoms with Crippen molar-refractivity contribution in [3.05, 3.63) is 0 Å². The molecule has 0 aliphatic rings. The van der Waals surface area contributed by atoms with E-state index in [1.165, 1.54) is 25.7 Å². The second kappa shape index (κ2) is 10.1. The average Bonchev–Trinajstić information content (AvgIpc) is 2.27. The predicted octanol–water partition coefficient (Wildman–Crippen LogP) is 2.46. The quantitative estimate of drug-likeness (QED) is 0.537. The Morgan fingerprint density at radius 3 is 2.25 bits per heavy atom. The van der Waals surface area contributed by atoms with Gasteiger partial charge in [0.05, 0.1) is 5.60 Å². The van der Waals surface area contributed by atoms with Crippen LogP contribution in [0, 0.1) is 0 Å². The predicted molar refractivity (Wildman–Crippen MR) is 68.5 cm³/mol. The molecule has 16 heavy (non-hydrogen) atoms. The van der Waals surface area contributed by atoms with E-state index in [9.17, 15) is 5.11 Å². The molecular formula is C13H29NO2. The monoisotopic (exact) mass is 231 g/mol. The van der Waals surface area contributed by atoms with Gasteiger partial charge in [-0.2, -0.15) is 0 Å². The van der Waals surface area contributed by atoms with Crippen LogP contribution in [0.3, 0.4) is 0 Å². The summed E-state index contributed by atoms with van der Waals surface area (Å²) in [5, 5.41) is 9.66. The minimum Gasteiger partial charge on any atom is -0.389 e. The first kappa shape index (κ1) is 15.9. The van der Waals surface area contributed by atoms with Crippen LogP contribution in [-0.4, -0.2) is 30.5 Å². The highest BCUT2D eigenvalue weighted by Gasteiger charge is 2.16. The van der Waals surface area contributed by atoms with Gasteiger partial charge in [-0.15, -0.1) is 0 Å². The lowest BCUT2D eigenvalue weighted by atomic mass is 10.00. The molecule has 0 aromatic carbocycles. The van der Waals surface area contributed by atoms with Gasteiger partial charge < -0.3 is 15.6 Å². The summed E-state index contributed by atoms with van der Waals surface area (Å²) >= 11 is 0. The van der Waals surface area contributed by atoms with Crippen molar-refractivity contribution in [3.8, 4) is 0 Å². The molecule has 0 aliphatic carbocycles. The van der Waals surface area contributed by atoms with E-state index in [1.807, 2.05) is 0 Å². The van der Waals surface area contributed by atoms with Gasteiger partial charge in [-0.05, 0) is 32.6 Å². The molecule has 1 unspecified atom stereocenters. The second-order valence-electron chi connectivity index (χ2n) is 4.83. The summed E-state index contributed by atoms with van der Waals surface area (Å²) in [5.41, 5.74) is 4.74. The number of aliphatic hydroxyl groups is 1. The number of rotatable bonds is 11. The lowest BCUT2D eigenvalue weighted by Gasteiger charge is -2.20. The summed E-state index contributed by atoms with van der Waals surface area (Å²) in [7, 11) is 0. The molecule has 3 heteroatoms. The largest absolute Gasteiger partial charge is 0.389 e. The Bertz CT molecular complexity index is 149. The SMILES string of the molecule is CCCCCCOCCCCC(C)(O)CN. The van der Waals surface area contributed by atoms with Crippen molar-refractivity contribution >= 4 is 0 Å². The van der Waals surface area contributed by atoms with Gasteiger partial charge in [-0.3, -0.25) is 0 Å². The molecule has 0 radical (unpaired) electrons. The number of hydrogen-bond acceptors (Lipinski definition) is 3. The molecule has 0 heterocycles. The van der Waals surface area contributed by atoms with E-state index < -0.39 is 5.60 Å². The van der Waals surface area contributed by atoms with Crippen LogP contribution in [0.5, 0.6) is 0 Å². The molecule has 0 aliphatic heterocycles. The highest BCUT2D eigenvalue weighted by molar-refractivity contribution is 4.72. The van der Waals surface area contributed by atoms with Crippen LogP contribution in [0.1, 0.15) is 58.8 Å². The van der Waals surface area contributed by atoms with Crippen molar-refractivity contribution in [2.24, 2.45) is 5.73 Å². The van der Waals surface area contributed by atoms with Crippen molar-refractivity contribution < 1.29 is 9.84 Å². The summed E-state index contributed by atoms with van der Waals surface area (Å²) in [4.78, 5) is 0. The van der Waals surface area contributed by atoms with Crippen LogP contribution in [-0.2, 0) is 4.74 Å². The first-order valence-electron chi connectivity index (χ1n) is 6.62. The summed E-state index contributed by atoms with van der Waals surface area (Å²) in [6.07, 6.45) is 7.80. The smallest absolute Gasteiger partial charge is 0.0741 e. The van der Waals surface area contributed by atoms with Gasteiger partial charge in [-0.25, -0.2) is 0 Å². The normalized spacial score (nSPS) is 15.0. The van der Waals surface area contributed by atoms with E-state index in [-0.39, 0.29) is 0 Å². The fourth-order valence-corrected chi connectivity index (χ4v) is 1.54. The highest BCUT2D eigenvalue weighted by atomic mass is 16.5. The van der Waals surface area contributed by atoms with Crippen LogP contribution >= 0.6 is 0 Å². The molecule has 0 amide bonds. The molecule has 98 valence electrons. The van der Waals surface area contributed by atoms with Crippen molar-refractivity contribution in [3.63, 3.8) is 0 Å². The summed E-state index contributed by atoms with van der Waals surface area (Å²) in [6, 6.07) is 0. The minimum absolute atomic E-state index is 0.338. The number of nitrogens with two attached hydrogens (primary N) is 1. The zero-order valence-electron chi connectivity index (χ0n) is 11.0. The molecule has 0 rings (SSSR count). The minimum atomic E-state index is -0.693. The molecule has 0 aromatic heterocycles. The van der Waals surface area contributed by atoms with E-state index in [4.69, 9.17) is 10.5 Å². The fourth-order valence-electron chi connectivity index (χ4n) is 1.54. The molecule has 3 N–H and O–H groups in total. The molecule has 3 nitrogen and oxygen atoms in total. The molecule has 0 spiro atoms. The highest BCUT2D eigenvalue weighted by Crippen LogP contribution is 2.11. The Morgan fingerprint density at radius 1 is 1.06 bits per heavy atom. The first-order valence-corrected chi connectivity index (χ1v) is 6.62. The van der Waals surface area contributed by atoms with Crippen molar-refractivity contribution in [2.45, 2.75) is 64.4 Å². The lowest BCUT2D eigenvalue weighted by molar-refractivity contribution is 0.0527. The maximum absolute atomic E-state index is 9.66. The Hall–Kier alpha value is -0.120. The van der Waals surface area contributed by atoms with Crippen molar-refractivity contribution in [1.29, 1.82) is 0 Å². The maximum Gasteiger partial charge on any atom is 0.0741 e. The maximum atomic E-state index is 9.66. The van der Waals surface area contributed by atoms with Crippen LogP contribution < -0.4 is 5.73 Å². The average molecular weight is 231 g/mol. The van der Waals surface area contributed by atoms with Gasteiger partial charge in [0.15, 0.2) is 0 Å². The standard InChI is InChI=1S/C13H29NO2/c1-3-4-5-7-10-16-11-8-6-9-13(2,15)12-14/h15H,3-12,14H2,1-2H3. The zero-order chi connectivity index (χ0) is 12.3. The van der Waals surface area contributed by atoms with Crippen molar-refractivity contribution in [2.75, 3.05) is 19.8 Å². The van der Waals surface area contributed by atoms with Crippen molar-refractivity contribution in [1.82, 2.24) is 0 Å². The fraction of sp³-hybridized carbons (Fsp3) is 1.00. The zero-order valence-corrected chi connectivity index (χ0v) is 11.0. The van der Waals surface area contributed by atoms with Gasteiger partial charge in [0.1, 0.15) is 0 Å². The van der Waals surface area contributed by atoms with E-state index in [2.05, 4.69) is 6.92 Å². The van der Waals surface area contributed by atoms with Gasteiger partial charge in [-0.1, -0.05) is 26.2 Å². The van der Waals surface area contributed by atoms with E-state index in [0.29, 0.717) is 6.54 Å². The second-order valence-corrected chi connectivity index (χ2v) is 4.83. The lowest BCUT2D eigenvalue weighted by Crippen LogP contribution is -2.33. The molecular weight excluding hydrogens is 202 g/mol. The Kier molecular flexibility index (Phi) is 9.99. The number of ether oxygens (including phenoxy) is 1. The third-order valence-electron chi connectivity index (χ3n) is 2.84. The topological polar surface area (TPSA) is 55.5 Å². The Balaban J connectivity index is 3.10. The molecule has 0 fully saturated rings. The van der Waals surface area contributed by atoms with Crippen LogP contribution in [0.4, 0.5) is 0 Å². The Morgan fingerprint density at radius 2 is 1.69 bits per heavy atom. The third-order valence-corrected chi connectivity index (χ3v) is 2.84. The van der Waals surface area contributed by atoms with Gasteiger partial charge >= 0.3 is 0 Å². The van der Waals surface area contributed by atoms with E-state index in [1.54, 1.807) is 6.92 Å². The number of hydrogen-bond donors (Lipinski definition) is 2. The molecule has 0 aromatic rings. The van der Waals surface area contributed by atoms with Gasteiger partial charge in [0, 0.05) is 19.8 Å². The van der Waals surface area contributed by atoms with E-state index in [0.717, 1.165) is 32.5 Å². The van der Waals surface area contributed by atoms with Gasteiger partial charge in [0.25, 0.3) is 0 Å². The summed E-state index contributed by atoms with van der Waals surface area (Å²) in [6.45, 7) is 6.04. The van der Waals surface area contributed by atoms with Gasteiger partial charge in [0.2, 0.25) is 0 Å². The molecule has 0 bridgehead atoms. The van der Waals surface area contributed by atoms with E-state index >= 15 is 0 Å². The molecule has 1 atom stereocenters. The summed E-state index contributed by atoms with van der Waals surface area (Å²) in [5.74, 6) is 0. The first-order chi connectivity index (χ1) is 7.62.